The lowest BCUT2D eigenvalue weighted by molar-refractivity contribution is 0.272. The zero-order valence-corrected chi connectivity index (χ0v) is 13.7. The topological polar surface area (TPSA) is 61.8 Å². The van der Waals surface area contributed by atoms with Crippen LogP contribution >= 0.6 is 0 Å². The van der Waals surface area contributed by atoms with Crippen LogP contribution in [0.4, 0.5) is 0 Å². The van der Waals surface area contributed by atoms with Crippen molar-refractivity contribution in [3.05, 3.63) is 0 Å². The molecule has 0 radical (unpaired) electrons. The molecule has 3 fully saturated rings. The van der Waals surface area contributed by atoms with Crippen molar-refractivity contribution in [3.63, 3.8) is 0 Å². The van der Waals surface area contributed by atoms with Gasteiger partial charge in [-0.25, -0.2) is 8.42 Å². The van der Waals surface area contributed by atoms with Crippen molar-refractivity contribution in [3.8, 4) is 0 Å². The van der Waals surface area contributed by atoms with E-state index in [0.29, 0.717) is 24.1 Å². The first-order chi connectivity index (χ1) is 10.0. The van der Waals surface area contributed by atoms with Crippen LogP contribution in [-0.2, 0) is 9.84 Å². The van der Waals surface area contributed by atoms with Gasteiger partial charge in [0.2, 0.25) is 0 Å². The Bertz CT molecular complexity index is 491. The molecule has 0 aromatic heterocycles. The number of likely N-dealkylation sites (tertiary alicyclic amines) is 1. The molecule has 1 atom stereocenters. The fraction of sp³-hybridized carbons (Fsp3) is 0.933. The van der Waals surface area contributed by atoms with Crippen molar-refractivity contribution in [2.45, 2.75) is 45.1 Å². The van der Waals surface area contributed by atoms with Crippen LogP contribution in [0, 0.1) is 11.8 Å². The molecular weight excluding hydrogens is 286 g/mol. The van der Waals surface area contributed by atoms with Gasteiger partial charge in [0.05, 0.1) is 11.5 Å². The number of hydrogen-bond donors (Lipinski definition) is 1. The lowest BCUT2D eigenvalue weighted by Gasteiger charge is -2.33. The van der Waals surface area contributed by atoms with Crippen molar-refractivity contribution < 1.29 is 8.42 Å². The van der Waals surface area contributed by atoms with Crippen LogP contribution in [0.2, 0.25) is 0 Å². The highest BCUT2D eigenvalue weighted by Crippen LogP contribution is 2.22. The molecule has 1 unspecified atom stereocenters. The molecule has 6 heteroatoms. The summed E-state index contributed by atoms with van der Waals surface area (Å²) in [5.41, 5.74) is 0. The third kappa shape index (κ3) is 4.34. The number of nitrogens with zero attached hydrogens (tertiary/aromatic N) is 2. The maximum atomic E-state index is 11.5. The van der Waals surface area contributed by atoms with Gasteiger partial charge in [-0.15, -0.1) is 0 Å². The van der Waals surface area contributed by atoms with E-state index in [0.717, 1.165) is 31.4 Å². The number of nitrogens with one attached hydrogen (secondary N) is 1. The Hall–Kier alpha value is -0.780. The Morgan fingerprint density at radius 1 is 1.19 bits per heavy atom. The van der Waals surface area contributed by atoms with Crippen molar-refractivity contribution in [2.75, 3.05) is 31.1 Å². The Kier molecular flexibility index (Phi) is 4.43. The second-order valence-corrected chi connectivity index (χ2v) is 9.25. The van der Waals surface area contributed by atoms with Crippen LogP contribution in [0.25, 0.3) is 0 Å². The van der Waals surface area contributed by atoms with Crippen molar-refractivity contribution >= 4 is 15.8 Å². The Balaban J connectivity index is 1.60. The summed E-state index contributed by atoms with van der Waals surface area (Å²) in [6.07, 6.45) is 5.70. The van der Waals surface area contributed by atoms with Crippen LogP contribution in [0.1, 0.15) is 39.0 Å². The monoisotopic (exact) mass is 313 g/mol. The molecule has 2 saturated heterocycles. The maximum absolute atomic E-state index is 11.5. The van der Waals surface area contributed by atoms with Crippen LogP contribution in [0.3, 0.4) is 0 Å². The van der Waals surface area contributed by atoms with E-state index in [9.17, 15) is 8.42 Å². The molecule has 0 bridgehead atoms. The van der Waals surface area contributed by atoms with E-state index in [1.54, 1.807) is 0 Å². The molecule has 1 N–H and O–H groups in total. The van der Waals surface area contributed by atoms with E-state index in [1.807, 2.05) is 0 Å². The minimum absolute atomic E-state index is 0.217. The minimum Gasteiger partial charge on any atom is -0.354 e. The molecule has 5 nitrogen and oxygen atoms in total. The van der Waals surface area contributed by atoms with Gasteiger partial charge >= 0.3 is 0 Å². The molecule has 0 amide bonds. The van der Waals surface area contributed by atoms with E-state index in [-0.39, 0.29) is 5.92 Å². The molecule has 120 valence electrons. The predicted molar refractivity (Wildman–Crippen MR) is 85.2 cm³/mol. The summed E-state index contributed by atoms with van der Waals surface area (Å²) >= 11 is 0. The first kappa shape index (κ1) is 15.1. The summed E-state index contributed by atoms with van der Waals surface area (Å²) in [5.74, 6) is 2.72. The summed E-state index contributed by atoms with van der Waals surface area (Å²) in [4.78, 5) is 7.13. The molecule has 3 rings (SSSR count). The minimum atomic E-state index is -2.79. The summed E-state index contributed by atoms with van der Waals surface area (Å²) in [7, 11) is -2.79. The van der Waals surface area contributed by atoms with Gasteiger partial charge in [-0.05, 0) is 43.9 Å². The van der Waals surface area contributed by atoms with Gasteiger partial charge in [0, 0.05) is 25.7 Å². The van der Waals surface area contributed by atoms with Gasteiger partial charge in [-0.2, -0.15) is 0 Å². The van der Waals surface area contributed by atoms with Crippen molar-refractivity contribution in [2.24, 2.45) is 16.8 Å². The largest absolute Gasteiger partial charge is 0.354 e. The fourth-order valence-electron chi connectivity index (χ4n) is 3.10. The molecule has 0 spiro atoms. The smallest absolute Gasteiger partial charge is 0.194 e. The van der Waals surface area contributed by atoms with Crippen LogP contribution in [0.15, 0.2) is 4.99 Å². The molecule has 21 heavy (non-hydrogen) atoms. The van der Waals surface area contributed by atoms with Gasteiger partial charge < -0.3 is 10.2 Å². The summed E-state index contributed by atoms with van der Waals surface area (Å²) in [6, 6.07) is 0.593. The quantitative estimate of drug-likeness (QED) is 0.629. The van der Waals surface area contributed by atoms with Gasteiger partial charge in [-0.3, -0.25) is 4.99 Å². The highest BCUT2D eigenvalue weighted by Gasteiger charge is 2.29. The maximum Gasteiger partial charge on any atom is 0.194 e. The van der Waals surface area contributed by atoms with Crippen LogP contribution < -0.4 is 5.32 Å². The molecule has 0 aromatic carbocycles. The molecule has 0 aromatic rings. The third-order valence-electron chi connectivity index (χ3n) is 4.82. The second kappa shape index (κ2) is 6.15. The summed E-state index contributed by atoms with van der Waals surface area (Å²) in [5, 5.41) is 3.55. The second-order valence-electron chi connectivity index (χ2n) is 7.02. The van der Waals surface area contributed by atoms with E-state index < -0.39 is 9.84 Å². The lowest BCUT2D eigenvalue weighted by Crippen LogP contribution is -2.46. The zero-order chi connectivity index (χ0) is 14.9. The standard InChI is InChI=1S/C15H27N3O2S/c1-12-4-7-18(8-5-12)15(17-14-2-3-14)16-10-13-6-9-21(19,20)11-13/h12-14H,2-11H2,1H3,(H,16,17). The lowest BCUT2D eigenvalue weighted by atomic mass is 9.99. The van der Waals surface area contributed by atoms with Gasteiger partial charge in [0.1, 0.15) is 0 Å². The Morgan fingerprint density at radius 2 is 1.90 bits per heavy atom. The number of rotatable bonds is 3. The first-order valence-corrected chi connectivity index (χ1v) is 10.1. The molecule has 1 saturated carbocycles. The first-order valence-electron chi connectivity index (χ1n) is 8.28. The molecule has 2 aliphatic heterocycles. The third-order valence-corrected chi connectivity index (χ3v) is 6.66. The number of piperidine rings is 1. The molecule has 1 aliphatic carbocycles. The van der Waals surface area contributed by atoms with E-state index >= 15 is 0 Å². The summed E-state index contributed by atoms with van der Waals surface area (Å²) in [6.45, 7) is 5.11. The average molecular weight is 313 g/mol. The average Bonchev–Trinajstić information content (AvgIpc) is 3.19. The van der Waals surface area contributed by atoms with Gasteiger partial charge in [-0.1, -0.05) is 6.92 Å². The fourth-order valence-corrected chi connectivity index (χ4v) is 4.95. The number of hydrogen-bond acceptors (Lipinski definition) is 3. The van der Waals surface area contributed by atoms with Crippen LogP contribution in [0.5, 0.6) is 0 Å². The van der Waals surface area contributed by atoms with E-state index in [4.69, 9.17) is 4.99 Å². The van der Waals surface area contributed by atoms with Crippen molar-refractivity contribution in [1.29, 1.82) is 0 Å². The predicted octanol–water partition coefficient (Wildman–Crippen LogP) is 1.26. The number of guanidine groups is 1. The van der Waals surface area contributed by atoms with E-state index in [1.165, 1.54) is 25.7 Å². The Morgan fingerprint density at radius 3 is 2.48 bits per heavy atom. The Labute approximate surface area is 128 Å². The normalized spacial score (nSPS) is 30.6. The van der Waals surface area contributed by atoms with Gasteiger partial charge in [0.15, 0.2) is 15.8 Å². The molecule has 3 aliphatic rings. The van der Waals surface area contributed by atoms with Crippen LogP contribution in [-0.4, -0.2) is 56.5 Å². The summed E-state index contributed by atoms with van der Waals surface area (Å²) < 4.78 is 23.1. The van der Waals surface area contributed by atoms with Crippen molar-refractivity contribution in [1.82, 2.24) is 10.2 Å². The molecular formula is C15H27N3O2S. The number of sulfone groups is 1. The molecule has 2 heterocycles. The highest BCUT2D eigenvalue weighted by molar-refractivity contribution is 7.91. The zero-order valence-electron chi connectivity index (χ0n) is 12.9. The SMILES string of the molecule is CC1CCN(C(=NCC2CCS(=O)(=O)C2)NC2CC2)CC1. The van der Waals surface area contributed by atoms with Gasteiger partial charge in [0.25, 0.3) is 0 Å². The van der Waals surface area contributed by atoms with E-state index in [2.05, 4.69) is 17.1 Å². The number of aliphatic imine (C=N–C) groups is 1. The highest BCUT2D eigenvalue weighted by atomic mass is 32.2.